The Bertz CT molecular complexity index is 238. The van der Waals surface area contributed by atoms with E-state index in [-0.39, 0.29) is 12.6 Å². The summed E-state index contributed by atoms with van der Waals surface area (Å²) in [5, 5.41) is 12.7. The van der Waals surface area contributed by atoms with Gasteiger partial charge < -0.3 is 15.3 Å². The Morgan fingerprint density at radius 2 is 1.79 bits per heavy atom. The van der Waals surface area contributed by atoms with Crippen molar-refractivity contribution in [3.05, 3.63) is 0 Å². The number of likely N-dealkylation sites (tertiary alicyclic amines) is 1. The van der Waals surface area contributed by atoms with Crippen LogP contribution in [0.15, 0.2) is 0 Å². The van der Waals surface area contributed by atoms with E-state index in [1.54, 1.807) is 0 Å². The molecular weight excluding hydrogens is 236 g/mol. The SMILES string of the molecule is CCNC(CO)CCN1CCC2(CCCCC2)CC1. The number of piperidine rings is 1. The van der Waals surface area contributed by atoms with Gasteiger partial charge in [-0.05, 0) is 63.7 Å². The van der Waals surface area contributed by atoms with Crippen LogP contribution in [-0.4, -0.2) is 48.8 Å². The molecule has 19 heavy (non-hydrogen) atoms. The Morgan fingerprint density at radius 1 is 1.11 bits per heavy atom. The predicted molar refractivity (Wildman–Crippen MR) is 80.4 cm³/mol. The van der Waals surface area contributed by atoms with Crippen LogP contribution in [-0.2, 0) is 0 Å². The quantitative estimate of drug-likeness (QED) is 0.776. The van der Waals surface area contributed by atoms with E-state index >= 15 is 0 Å². The molecule has 2 fully saturated rings. The van der Waals surface area contributed by atoms with Gasteiger partial charge in [0, 0.05) is 6.04 Å². The molecule has 3 heteroatoms. The zero-order chi connectivity index (χ0) is 13.6. The molecule has 0 amide bonds. The normalized spacial score (nSPS) is 25.6. The zero-order valence-electron chi connectivity index (χ0n) is 12.7. The average molecular weight is 268 g/mol. The molecule has 1 heterocycles. The Hall–Kier alpha value is -0.120. The number of aliphatic hydroxyl groups is 1. The lowest BCUT2D eigenvalue weighted by molar-refractivity contribution is 0.0644. The third kappa shape index (κ3) is 4.44. The lowest BCUT2D eigenvalue weighted by Gasteiger charge is -2.44. The lowest BCUT2D eigenvalue weighted by atomic mass is 9.68. The summed E-state index contributed by atoms with van der Waals surface area (Å²) < 4.78 is 0. The molecule has 2 rings (SSSR count). The van der Waals surface area contributed by atoms with Gasteiger partial charge in [0.15, 0.2) is 0 Å². The van der Waals surface area contributed by atoms with Crippen LogP contribution in [0.1, 0.15) is 58.3 Å². The van der Waals surface area contributed by atoms with Gasteiger partial charge in [-0.25, -0.2) is 0 Å². The van der Waals surface area contributed by atoms with Gasteiger partial charge in [-0.3, -0.25) is 0 Å². The largest absolute Gasteiger partial charge is 0.395 e. The van der Waals surface area contributed by atoms with Crippen molar-refractivity contribution in [2.45, 2.75) is 64.3 Å². The van der Waals surface area contributed by atoms with Gasteiger partial charge >= 0.3 is 0 Å². The van der Waals surface area contributed by atoms with E-state index in [2.05, 4.69) is 17.1 Å². The number of rotatable bonds is 6. The highest BCUT2D eigenvalue weighted by atomic mass is 16.3. The first-order chi connectivity index (χ1) is 9.28. The summed E-state index contributed by atoms with van der Waals surface area (Å²) in [4.78, 5) is 2.61. The number of hydrogen-bond donors (Lipinski definition) is 2. The molecule has 1 spiro atoms. The second-order valence-electron chi connectivity index (χ2n) is 6.63. The number of nitrogens with one attached hydrogen (secondary N) is 1. The summed E-state index contributed by atoms with van der Waals surface area (Å²) in [7, 11) is 0. The van der Waals surface area contributed by atoms with Gasteiger partial charge in [0.2, 0.25) is 0 Å². The van der Waals surface area contributed by atoms with E-state index in [9.17, 15) is 5.11 Å². The van der Waals surface area contributed by atoms with Crippen LogP contribution in [0.4, 0.5) is 0 Å². The van der Waals surface area contributed by atoms with Crippen LogP contribution in [0.3, 0.4) is 0 Å². The highest BCUT2D eigenvalue weighted by Gasteiger charge is 2.35. The van der Waals surface area contributed by atoms with Gasteiger partial charge in [0.05, 0.1) is 6.61 Å². The fourth-order valence-electron chi connectivity index (χ4n) is 3.94. The maximum atomic E-state index is 9.30. The number of likely N-dealkylation sites (N-methyl/N-ethyl adjacent to an activating group) is 1. The first-order valence-electron chi connectivity index (χ1n) is 8.34. The highest BCUT2D eigenvalue weighted by Crippen LogP contribution is 2.44. The maximum Gasteiger partial charge on any atom is 0.0585 e. The number of nitrogens with zero attached hydrogens (tertiary/aromatic N) is 1. The molecule has 112 valence electrons. The number of aliphatic hydroxyl groups excluding tert-OH is 1. The van der Waals surface area contributed by atoms with Crippen molar-refractivity contribution in [3.8, 4) is 0 Å². The van der Waals surface area contributed by atoms with E-state index < -0.39 is 0 Å². The van der Waals surface area contributed by atoms with Crippen molar-refractivity contribution in [2.75, 3.05) is 32.8 Å². The fourth-order valence-corrected chi connectivity index (χ4v) is 3.94. The van der Waals surface area contributed by atoms with Crippen LogP contribution in [0.2, 0.25) is 0 Å². The molecule has 1 aliphatic carbocycles. The Balaban J connectivity index is 1.68. The molecule has 2 aliphatic rings. The molecule has 1 saturated carbocycles. The van der Waals surface area contributed by atoms with E-state index in [4.69, 9.17) is 0 Å². The van der Waals surface area contributed by atoms with E-state index in [1.165, 1.54) is 58.0 Å². The fraction of sp³-hybridized carbons (Fsp3) is 1.00. The Kier molecular flexibility index (Phi) is 6.11. The summed E-state index contributed by atoms with van der Waals surface area (Å²) in [6.45, 7) is 7.04. The first-order valence-corrected chi connectivity index (χ1v) is 8.34. The van der Waals surface area contributed by atoms with Crippen molar-refractivity contribution < 1.29 is 5.11 Å². The maximum absolute atomic E-state index is 9.30. The minimum atomic E-state index is 0.269. The molecule has 2 N–H and O–H groups in total. The lowest BCUT2D eigenvalue weighted by Crippen LogP contribution is -2.43. The van der Waals surface area contributed by atoms with Crippen molar-refractivity contribution in [3.63, 3.8) is 0 Å². The smallest absolute Gasteiger partial charge is 0.0585 e. The minimum Gasteiger partial charge on any atom is -0.395 e. The van der Waals surface area contributed by atoms with Crippen LogP contribution in [0.5, 0.6) is 0 Å². The summed E-state index contributed by atoms with van der Waals surface area (Å²) in [5.74, 6) is 0. The Labute approximate surface area is 118 Å². The summed E-state index contributed by atoms with van der Waals surface area (Å²) >= 11 is 0. The molecule has 1 atom stereocenters. The molecule has 1 aliphatic heterocycles. The van der Waals surface area contributed by atoms with E-state index in [0.29, 0.717) is 5.41 Å². The second-order valence-corrected chi connectivity index (χ2v) is 6.63. The summed E-state index contributed by atoms with van der Waals surface area (Å²) in [5.41, 5.74) is 0.715. The van der Waals surface area contributed by atoms with Gasteiger partial charge in [0.1, 0.15) is 0 Å². The van der Waals surface area contributed by atoms with Crippen molar-refractivity contribution in [1.29, 1.82) is 0 Å². The van der Waals surface area contributed by atoms with Crippen molar-refractivity contribution in [1.82, 2.24) is 10.2 Å². The molecule has 0 aromatic carbocycles. The predicted octanol–water partition coefficient (Wildman–Crippen LogP) is 2.39. The van der Waals surface area contributed by atoms with Gasteiger partial charge in [-0.1, -0.05) is 26.2 Å². The third-order valence-electron chi connectivity index (χ3n) is 5.34. The van der Waals surface area contributed by atoms with Crippen LogP contribution < -0.4 is 5.32 Å². The molecule has 1 unspecified atom stereocenters. The minimum absolute atomic E-state index is 0.269. The van der Waals surface area contributed by atoms with Gasteiger partial charge in [-0.15, -0.1) is 0 Å². The molecule has 0 aromatic rings. The summed E-state index contributed by atoms with van der Waals surface area (Å²) in [6, 6.07) is 0.288. The first kappa shape index (κ1) is 15.3. The molecule has 1 saturated heterocycles. The number of hydrogen-bond acceptors (Lipinski definition) is 3. The molecular formula is C16H32N2O. The molecule has 0 aromatic heterocycles. The van der Waals surface area contributed by atoms with Crippen LogP contribution >= 0.6 is 0 Å². The third-order valence-corrected chi connectivity index (χ3v) is 5.34. The van der Waals surface area contributed by atoms with Gasteiger partial charge in [-0.2, -0.15) is 0 Å². The second kappa shape index (κ2) is 7.61. The molecule has 3 nitrogen and oxygen atoms in total. The van der Waals surface area contributed by atoms with E-state index in [0.717, 1.165) is 19.5 Å². The zero-order valence-corrected chi connectivity index (χ0v) is 12.7. The topological polar surface area (TPSA) is 35.5 Å². The van der Waals surface area contributed by atoms with Crippen LogP contribution in [0, 0.1) is 5.41 Å². The molecule has 0 radical (unpaired) electrons. The van der Waals surface area contributed by atoms with Crippen molar-refractivity contribution >= 4 is 0 Å². The van der Waals surface area contributed by atoms with Gasteiger partial charge in [0.25, 0.3) is 0 Å². The van der Waals surface area contributed by atoms with Crippen LogP contribution in [0.25, 0.3) is 0 Å². The monoisotopic (exact) mass is 268 g/mol. The molecule has 0 bridgehead atoms. The standard InChI is InChI=1S/C16H32N2O/c1-2-17-15(14-19)6-11-18-12-9-16(10-13-18)7-4-3-5-8-16/h15,17,19H,2-14H2,1H3. The average Bonchev–Trinajstić information content (AvgIpc) is 2.46. The van der Waals surface area contributed by atoms with E-state index in [1.807, 2.05) is 0 Å². The Morgan fingerprint density at radius 3 is 2.37 bits per heavy atom. The summed E-state index contributed by atoms with van der Waals surface area (Å²) in [6.07, 6.45) is 11.3. The van der Waals surface area contributed by atoms with Crippen molar-refractivity contribution in [2.24, 2.45) is 5.41 Å². The highest BCUT2D eigenvalue weighted by molar-refractivity contribution is 4.88.